The molecule has 2 N–H and O–H groups in total. The van der Waals surface area contributed by atoms with Crippen molar-refractivity contribution in [2.24, 2.45) is 0 Å². The van der Waals surface area contributed by atoms with Gasteiger partial charge in [0, 0.05) is 0 Å². The Morgan fingerprint density at radius 2 is 1.12 bits per heavy atom. The Kier molecular flexibility index (Phi) is 13.5. The predicted octanol–water partition coefficient (Wildman–Crippen LogP) is -0.491. The zero-order valence-electron chi connectivity index (χ0n) is 9.34. The van der Waals surface area contributed by atoms with Gasteiger partial charge in [0.2, 0.25) is 0 Å². The van der Waals surface area contributed by atoms with Crippen molar-refractivity contribution in [1.82, 2.24) is 0 Å². The summed E-state index contributed by atoms with van der Waals surface area (Å²) >= 11 is 0. The Morgan fingerprint density at radius 3 is 1.75 bits per heavy atom. The fraction of sp³-hybridized carbons (Fsp3) is 0.800. The maximum atomic E-state index is 8.41. The van der Waals surface area contributed by atoms with Gasteiger partial charge in [-0.25, -0.2) is 0 Å². The average molecular weight is 236 g/mol. The predicted molar refractivity (Wildman–Crippen MR) is 56.9 cm³/mol. The lowest BCUT2D eigenvalue weighted by Gasteiger charge is -2.04. The van der Waals surface area contributed by atoms with E-state index >= 15 is 0 Å². The number of hydrogen-bond acceptors (Lipinski definition) is 6. The molecule has 0 aliphatic carbocycles. The number of rotatable bonds is 12. The second kappa shape index (κ2) is 14.2. The third-order valence-corrected chi connectivity index (χ3v) is 1.41. The number of hydrogen-bond donors (Lipinski definition) is 2. The van der Waals surface area contributed by atoms with Gasteiger partial charge >= 0.3 is 0 Å². The van der Waals surface area contributed by atoms with Gasteiger partial charge in [0.15, 0.2) is 0 Å². The second-order valence-electron chi connectivity index (χ2n) is 2.69. The van der Waals surface area contributed by atoms with Gasteiger partial charge in [-0.3, -0.25) is 0 Å². The van der Waals surface area contributed by atoms with Crippen LogP contribution >= 0.6 is 0 Å². The van der Waals surface area contributed by atoms with Crippen molar-refractivity contribution in [3.63, 3.8) is 0 Å². The van der Waals surface area contributed by atoms with E-state index in [1.165, 1.54) is 12.5 Å². The average Bonchev–Trinajstić information content (AvgIpc) is 2.31. The molecule has 0 spiro atoms. The van der Waals surface area contributed by atoms with E-state index in [1.807, 2.05) is 0 Å². The fourth-order valence-electron chi connectivity index (χ4n) is 0.761. The number of aliphatic hydroxyl groups excluding tert-OH is 2. The Hall–Kier alpha value is -0.820. The van der Waals surface area contributed by atoms with Crippen molar-refractivity contribution in [3.8, 4) is 0 Å². The van der Waals surface area contributed by atoms with Crippen LogP contribution in [0, 0.1) is 0 Å². The standard InChI is InChI=1S/C10H20O6/c11-1-3-13-5-7-15-9-10-16-8-6-14-4-2-12/h5,7,11-12H,1-4,6,8-10H2/b7-5+. The van der Waals surface area contributed by atoms with Gasteiger partial charge in [0.05, 0.1) is 39.6 Å². The molecule has 0 heterocycles. The molecule has 0 aliphatic heterocycles. The Bertz CT molecular complexity index is 150. The first-order chi connectivity index (χ1) is 7.91. The van der Waals surface area contributed by atoms with E-state index in [-0.39, 0.29) is 19.8 Å². The van der Waals surface area contributed by atoms with Crippen molar-refractivity contribution in [3.05, 3.63) is 12.5 Å². The molecule has 0 radical (unpaired) electrons. The molecule has 0 aromatic rings. The van der Waals surface area contributed by atoms with Crippen LogP contribution in [0.2, 0.25) is 0 Å². The summed E-state index contributed by atoms with van der Waals surface area (Å²) in [7, 11) is 0. The Labute approximate surface area is 95.4 Å². The minimum atomic E-state index is -0.0126. The molecule has 0 aromatic carbocycles. The topological polar surface area (TPSA) is 77.4 Å². The second-order valence-corrected chi connectivity index (χ2v) is 2.69. The van der Waals surface area contributed by atoms with E-state index in [2.05, 4.69) is 0 Å². The van der Waals surface area contributed by atoms with Crippen LogP contribution in [-0.4, -0.2) is 63.1 Å². The third kappa shape index (κ3) is 13.2. The summed E-state index contributed by atoms with van der Waals surface area (Å²) in [5.41, 5.74) is 0. The summed E-state index contributed by atoms with van der Waals surface area (Å²) in [5.74, 6) is 0. The molecule has 0 aliphatic rings. The first-order valence-corrected chi connectivity index (χ1v) is 5.17. The molecule has 6 heteroatoms. The highest BCUT2D eigenvalue weighted by molar-refractivity contribution is 4.60. The molecule has 0 fully saturated rings. The lowest BCUT2D eigenvalue weighted by Crippen LogP contribution is -2.09. The molecule has 0 unspecified atom stereocenters. The van der Waals surface area contributed by atoms with Gasteiger partial charge in [-0.1, -0.05) is 0 Å². The van der Waals surface area contributed by atoms with Crippen LogP contribution in [0.5, 0.6) is 0 Å². The lowest BCUT2D eigenvalue weighted by molar-refractivity contribution is 0.0196. The SMILES string of the molecule is OCCO/C=C/OCCOCCOCCO. The molecule has 0 amide bonds. The van der Waals surface area contributed by atoms with Crippen molar-refractivity contribution >= 4 is 0 Å². The number of aliphatic hydroxyl groups is 2. The van der Waals surface area contributed by atoms with Gasteiger partial charge in [0.25, 0.3) is 0 Å². The van der Waals surface area contributed by atoms with Crippen molar-refractivity contribution in [2.45, 2.75) is 0 Å². The summed E-state index contributed by atoms with van der Waals surface area (Å²) in [6, 6.07) is 0. The van der Waals surface area contributed by atoms with Crippen LogP contribution in [0.15, 0.2) is 12.5 Å². The molecular formula is C10H20O6. The lowest BCUT2D eigenvalue weighted by atomic mass is 10.7. The van der Waals surface area contributed by atoms with Crippen LogP contribution < -0.4 is 0 Å². The summed E-state index contributed by atoms with van der Waals surface area (Å²) in [6.45, 7) is 2.46. The van der Waals surface area contributed by atoms with Crippen LogP contribution in [0.3, 0.4) is 0 Å². The van der Waals surface area contributed by atoms with E-state index in [0.717, 1.165) is 0 Å². The Balaban J connectivity index is 2.95. The van der Waals surface area contributed by atoms with Crippen molar-refractivity contribution in [2.75, 3.05) is 52.9 Å². The molecular weight excluding hydrogens is 216 g/mol. The normalized spacial score (nSPS) is 10.9. The highest BCUT2D eigenvalue weighted by Gasteiger charge is 1.89. The van der Waals surface area contributed by atoms with Gasteiger partial charge < -0.3 is 29.2 Å². The largest absolute Gasteiger partial charge is 0.496 e. The van der Waals surface area contributed by atoms with Gasteiger partial charge in [-0.2, -0.15) is 0 Å². The molecule has 96 valence electrons. The van der Waals surface area contributed by atoms with E-state index in [0.29, 0.717) is 33.0 Å². The van der Waals surface area contributed by atoms with E-state index in [4.69, 9.17) is 29.2 Å². The Morgan fingerprint density at radius 1 is 0.625 bits per heavy atom. The molecule has 0 bridgehead atoms. The van der Waals surface area contributed by atoms with Gasteiger partial charge in [-0.15, -0.1) is 0 Å². The minimum absolute atomic E-state index is 0.0126. The highest BCUT2D eigenvalue weighted by Crippen LogP contribution is 1.83. The van der Waals surface area contributed by atoms with Crippen LogP contribution in [-0.2, 0) is 18.9 Å². The maximum Gasteiger partial charge on any atom is 0.117 e. The summed E-state index contributed by atoms with van der Waals surface area (Å²) in [5, 5.41) is 16.8. The fourth-order valence-corrected chi connectivity index (χ4v) is 0.761. The van der Waals surface area contributed by atoms with E-state index < -0.39 is 0 Å². The molecule has 6 nitrogen and oxygen atoms in total. The third-order valence-electron chi connectivity index (χ3n) is 1.41. The van der Waals surface area contributed by atoms with Crippen molar-refractivity contribution in [1.29, 1.82) is 0 Å². The first kappa shape index (κ1) is 15.2. The maximum absolute atomic E-state index is 8.41. The summed E-state index contributed by atoms with van der Waals surface area (Å²) in [6.07, 6.45) is 2.78. The molecule has 16 heavy (non-hydrogen) atoms. The summed E-state index contributed by atoms with van der Waals surface area (Å²) < 4.78 is 20.0. The minimum Gasteiger partial charge on any atom is -0.496 e. The molecule has 0 atom stereocenters. The number of ether oxygens (including phenoxy) is 4. The smallest absolute Gasteiger partial charge is 0.117 e. The van der Waals surface area contributed by atoms with E-state index in [9.17, 15) is 0 Å². The molecule has 0 aromatic heterocycles. The molecule has 0 saturated carbocycles. The quantitative estimate of drug-likeness (QED) is 0.352. The van der Waals surface area contributed by atoms with E-state index in [1.54, 1.807) is 0 Å². The monoisotopic (exact) mass is 236 g/mol. The zero-order valence-corrected chi connectivity index (χ0v) is 9.34. The van der Waals surface area contributed by atoms with Crippen molar-refractivity contribution < 1.29 is 29.2 Å². The van der Waals surface area contributed by atoms with Crippen LogP contribution in [0.1, 0.15) is 0 Å². The van der Waals surface area contributed by atoms with Crippen LogP contribution in [0.4, 0.5) is 0 Å². The van der Waals surface area contributed by atoms with Crippen LogP contribution in [0.25, 0.3) is 0 Å². The molecule has 0 saturated heterocycles. The molecule has 0 rings (SSSR count). The van der Waals surface area contributed by atoms with Gasteiger partial charge in [-0.05, 0) is 0 Å². The van der Waals surface area contributed by atoms with Gasteiger partial charge in [0.1, 0.15) is 25.7 Å². The zero-order chi connectivity index (χ0) is 11.9. The highest BCUT2D eigenvalue weighted by atomic mass is 16.5. The summed E-state index contributed by atoms with van der Waals surface area (Å²) in [4.78, 5) is 0. The first-order valence-electron chi connectivity index (χ1n) is 5.17.